The SMILES string of the molecule is CC(C)CC(=O)NCc1nnnn1C(c1ccccc1)(c1ccccc1)c1ccccc1. The Balaban J connectivity index is 1.91. The number of tetrazole rings is 1. The summed E-state index contributed by atoms with van der Waals surface area (Å²) < 4.78 is 1.84. The van der Waals surface area contributed by atoms with Crippen LogP contribution in [0.15, 0.2) is 91.0 Å². The number of carbonyl (C=O) groups is 1. The van der Waals surface area contributed by atoms with Gasteiger partial charge in [0, 0.05) is 6.42 Å². The van der Waals surface area contributed by atoms with E-state index >= 15 is 0 Å². The summed E-state index contributed by atoms with van der Waals surface area (Å²) in [6.45, 7) is 4.29. The molecule has 0 aliphatic carbocycles. The zero-order valence-corrected chi connectivity index (χ0v) is 18.3. The lowest BCUT2D eigenvalue weighted by atomic mass is 9.77. The van der Waals surface area contributed by atoms with E-state index < -0.39 is 5.54 Å². The predicted molar refractivity (Wildman–Crippen MR) is 124 cm³/mol. The van der Waals surface area contributed by atoms with Crippen LogP contribution in [0, 0.1) is 5.92 Å². The van der Waals surface area contributed by atoms with Gasteiger partial charge in [-0.2, -0.15) is 0 Å². The summed E-state index contributed by atoms with van der Waals surface area (Å²) in [5.41, 5.74) is 2.28. The van der Waals surface area contributed by atoms with Gasteiger partial charge >= 0.3 is 0 Å². The fourth-order valence-corrected chi connectivity index (χ4v) is 4.10. The zero-order valence-electron chi connectivity index (χ0n) is 18.3. The molecule has 0 saturated heterocycles. The summed E-state index contributed by atoms with van der Waals surface area (Å²) in [6.07, 6.45) is 0.461. The highest BCUT2D eigenvalue weighted by Gasteiger charge is 2.41. The van der Waals surface area contributed by atoms with Gasteiger partial charge in [0.1, 0.15) is 5.54 Å². The van der Waals surface area contributed by atoms with Crippen molar-refractivity contribution in [2.45, 2.75) is 32.4 Å². The molecule has 0 unspecified atom stereocenters. The Morgan fingerprint density at radius 3 is 1.75 bits per heavy atom. The number of amides is 1. The first kappa shape index (κ1) is 21.4. The van der Waals surface area contributed by atoms with Crippen LogP contribution in [-0.4, -0.2) is 26.1 Å². The normalized spacial score (nSPS) is 11.5. The molecule has 0 saturated carbocycles. The molecule has 3 aromatic carbocycles. The minimum Gasteiger partial charge on any atom is -0.349 e. The molecule has 0 aliphatic rings. The highest BCUT2D eigenvalue weighted by atomic mass is 16.1. The van der Waals surface area contributed by atoms with Crippen molar-refractivity contribution < 1.29 is 4.79 Å². The molecule has 6 heteroatoms. The van der Waals surface area contributed by atoms with Gasteiger partial charge in [0.15, 0.2) is 5.82 Å². The van der Waals surface area contributed by atoms with E-state index in [0.29, 0.717) is 12.2 Å². The van der Waals surface area contributed by atoms with Crippen molar-refractivity contribution in [3.05, 3.63) is 114 Å². The van der Waals surface area contributed by atoms with Crippen LogP contribution >= 0.6 is 0 Å². The van der Waals surface area contributed by atoms with Crippen molar-refractivity contribution in [3.8, 4) is 0 Å². The Morgan fingerprint density at radius 2 is 1.31 bits per heavy atom. The van der Waals surface area contributed by atoms with Crippen molar-refractivity contribution in [2.75, 3.05) is 0 Å². The molecule has 6 nitrogen and oxygen atoms in total. The largest absolute Gasteiger partial charge is 0.349 e. The minimum absolute atomic E-state index is 0.0146. The standard InChI is InChI=1S/C26H27N5O/c1-20(2)18-25(32)27-19-24-28-29-30-31(24)26(21-12-6-3-7-13-21,22-14-8-4-9-15-22)23-16-10-5-11-17-23/h3-17,20H,18-19H2,1-2H3,(H,27,32). The second-order valence-corrected chi connectivity index (χ2v) is 8.19. The minimum atomic E-state index is -0.800. The maximum absolute atomic E-state index is 12.3. The number of rotatable bonds is 8. The number of carbonyl (C=O) groups excluding carboxylic acids is 1. The molecule has 0 spiro atoms. The molecule has 1 amide bonds. The van der Waals surface area contributed by atoms with Crippen LogP contribution in [0.25, 0.3) is 0 Å². The molecule has 0 radical (unpaired) electrons. The lowest BCUT2D eigenvalue weighted by molar-refractivity contribution is -0.122. The molecule has 162 valence electrons. The van der Waals surface area contributed by atoms with Crippen molar-refractivity contribution in [1.82, 2.24) is 25.5 Å². The van der Waals surface area contributed by atoms with Crippen LogP contribution in [0.2, 0.25) is 0 Å². The van der Waals surface area contributed by atoms with Gasteiger partial charge in [-0.05, 0) is 33.0 Å². The van der Waals surface area contributed by atoms with Crippen LogP contribution in [0.3, 0.4) is 0 Å². The van der Waals surface area contributed by atoms with E-state index in [1.165, 1.54) is 0 Å². The van der Waals surface area contributed by atoms with Gasteiger partial charge in [-0.25, -0.2) is 4.68 Å². The lowest BCUT2D eigenvalue weighted by Gasteiger charge is -2.36. The van der Waals surface area contributed by atoms with Crippen LogP contribution in [-0.2, 0) is 16.9 Å². The van der Waals surface area contributed by atoms with Crippen LogP contribution in [0.5, 0.6) is 0 Å². The summed E-state index contributed by atoms with van der Waals surface area (Å²) in [6, 6.07) is 30.6. The van der Waals surface area contributed by atoms with E-state index in [4.69, 9.17) is 0 Å². The molecular formula is C26H27N5O. The Labute approximate surface area is 188 Å². The maximum Gasteiger partial charge on any atom is 0.220 e. The van der Waals surface area contributed by atoms with Crippen LogP contribution in [0.4, 0.5) is 0 Å². The summed E-state index contributed by atoms with van der Waals surface area (Å²) >= 11 is 0. The topological polar surface area (TPSA) is 72.7 Å². The monoisotopic (exact) mass is 425 g/mol. The summed E-state index contributed by atoms with van der Waals surface area (Å²) in [5, 5.41) is 15.8. The van der Waals surface area contributed by atoms with E-state index in [9.17, 15) is 4.79 Å². The van der Waals surface area contributed by atoms with Crippen molar-refractivity contribution in [1.29, 1.82) is 0 Å². The summed E-state index contributed by atoms with van der Waals surface area (Å²) in [7, 11) is 0. The summed E-state index contributed by atoms with van der Waals surface area (Å²) in [4.78, 5) is 12.3. The van der Waals surface area contributed by atoms with Crippen LogP contribution < -0.4 is 5.32 Å². The van der Waals surface area contributed by atoms with E-state index in [2.05, 4.69) is 57.2 Å². The van der Waals surface area contributed by atoms with Gasteiger partial charge in [0.2, 0.25) is 5.91 Å². The molecular weight excluding hydrogens is 398 g/mol. The Bertz CT molecular complexity index is 1040. The van der Waals surface area contributed by atoms with Crippen molar-refractivity contribution in [2.24, 2.45) is 5.92 Å². The number of benzene rings is 3. The summed E-state index contributed by atoms with van der Waals surface area (Å²) in [5.74, 6) is 0.848. The fourth-order valence-electron chi connectivity index (χ4n) is 4.10. The Hall–Kier alpha value is -3.80. The molecule has 0 aliphatic heterocycles. The first-order chi connectivity index (χ1) is 15.6. The lowest BCUT2D eigenvalue weighted by Crippen LogP contribution is -2.41. The number of hydrogen-bond donors (Lipinski definition) is 1. The van der Waals surface area contributed by atoms with Crippen molar-refractivity contribution >= 4 is 5.91 Å². The number of nitrogens with zero attached hydrogens (tertiary/aromatic N) is 4. The predicted octanol–water partition coefficient (Wildman–Crippen LogP) is 4.18. The van der Waals surface area contributed by atoms with Gasteiger partial charge < -0.3 is 5.32 Å². The number of aromatic nitrogens is 4. The zero-order chi connectivity index (χ0) is 22.4. The molecule has 1 aromatic heterocycles. The van der Waals surface area contributed by atoms with E-state index in [0.717, 1.165) is 16.7 Å². The quantitative estimate of drug-likeness (QED) is 0.430. The smallest absolute Gasteiger partial charge is 0.220 e. The van der Waals surface area contributed by atoms with E-state index in [1.807, 2.05) is 73.1 Å². The first-order valence-corrected chi connectivity index (χ1v) is 10.8. The Kier molecular flexibility index (Phi) is 6.40. The van der Waals surface area contributed by atoms with Gasteiger partial charge in [-0.15, -0.1) is 5.10 Å². The third-order valence-electron chi connectivity index (χ3n) is 5.46. The first-order valence-electron chi connectivity index (χ1n) is 10.8. The van der Waals surface area contributed by atoms with Gasteiger partial charge in [0.05, 0.1) is 6.54 Å². The molecule has 0 bridgehead atoms. The average Bonchev–Trinajstić information content (AvgIpc) is 3.29. The highest BCUT2D eigenvalue weighted by molar-refractivity contribution is 5.75. The third-order valence-corrected chi connectivity index (χ3v) is 5.46. The van der Waals surface area contributed by atoms with E-state index in [1.54, 1.807) is 0 Å². The number of hydrogen-bond acceptors (Lipinski definition) is 4. The average molecular weight is 426 g/mol. The van der Waals surface area contributed by atoms with E-state index in [-0.39, 0.29) is 18.4 Å². The second kappa shape index (κ2) is 9.56. The fraction of sp³-hybridized carbons (Fsp3) is 0.231. The maximum atomic E-state index is 12.3. The molecule has 4 aromatic rings. The van der Waals surface area contributed by atoms with Crippen molar-refractivity contribution in [3.63, 3.8) is 0 Å². The number of nitrogens with one attached hydrogen (secondary N) is 1. The molecule has 1 N–H and O–H groups in total. The second-order valence-electron chi connectivity index (χ2n) is 8.19. The molecule has 0 atom stereocenters. The third kappa shape index (κ3) is 4.17. The van der Waals surface area contributed by atoms with Gasteiger partial charge in [-0.1, -0.05) is 105 Å². The molecule has 32 heavy (non-hydrogen) atoms. The molecule has 4 rings (SSSR count). The highest BCUT2D eigenvalue weighted by Crippen LogP contribution is 2.40. The molecule has 0 fully saturated rings. The van der Waals surface area contributed by atoms with Crippen LogP contribution in [0.1, 0.15) is 42.8 Å². The molecule has 1 heterocycles. The van der Waals surface area contributed by atoms with Gasteiger partial charge in [0.25, 0.3) is 0 Å². The Morgan fingerprint density at radius 1 is 0.844 bits per heavy atom. The van der Waals surface area contributed by atoms with Gasteiger partial charge in [-0.3, -0.25) is 4.79 Å².